The van der Waals surface area contributed by atoms with E-state index in [9.17, 15) is 4.79 Å². The van der Waals surface area contributed by atoms with E-state index < -0.39 is 0 Å². The van der Waals surface area contributed by atoms with Gasteiger partial charge in [-0.25, -0.2) is 0 Å². The van der Waals surface area contributed by atoms with Crippen molar-refractivity contribution in [3.63, 3.8) is 0 Å². The van der Waals surface area contributed by atoms with Crippen LogP contribution in [0.4, 0.5) is 11.8 Å². The lowest BCUT2D eigenvalue weighted by molar-refractivity contribution is 0.217. The van der Waals surface area contributed by atoms with Crippen LogP contribution in [0.2, 0.25) is 5.02 Å². The third kappa shape index (κ3) is 3.33. The van der Waals surface area contributed by atoms with Gasteiger partial charge in [-0.15, -0.1) is 0 Å². The Morgan fingerprint density at radius 2 is 1.85 bits per heavy atom. The van der Waals surface area contributed by atoms with Gasteiger partial charge in [0, 0.05) is 25.2 Å². The summed E-state index contributed by atoms with van der Waals surface area (Å²) in [6.07, 6.45) is 6.37. The summed E-state index contributed by atoms with van der Waals surface area (Å²) in [6, 6.07) is 7.14. The summed E-state index contributed by atoms with van der Waals surface area (Å²) in [7, 11) is 1.78. The maximum absolute atomic E-state index is 13.0. The minimum Gasteiger partial charge on any atom is -0.383 e. The molecule has 0 bridgehead atoms. The van der Waals surface area contributed by atoms with Crippen molar-refractivity contribution in [1.82, 2.24) is 9.55 Å². The molecule has 27 heavy (non-hydrogen) atoms. The molecule has 2 N–H and O–H groups in total. The first-order chi connectivity index (χ1) is 12.9. The fourth-order valence-corrected chi connectivity index (χ4v) is 5.03. The molecule has 2 aromatic rings. The number of nitrogen functional groups attached to an aromatic ring is 1. The molecule has 5 nitrogen and oxygen atoms in total. The molecule has 1 saturated carbocycles. The van der Waals surface area contributed by atoms with Crippen molar-refractivity contribution < 1.29 is 0 Å². The number of aromatic nitrogens is 2. The number of benzene rings is 1. The predicted octanol–water partition coefficient (Wildman–Crippen LogP) is 4.09. The van der Waals surface area contributed by atoms with E-state index in [-0.39, 0.29) is 11.4 Å². The van der Waals surface area contributed by atoms with E-state index >= 15 is 0 Å². The largest absolute Gasteiger partial charge is 0.383 e. The number of rotatable bonds is 2. The fourth-order valence-electron chi connectivity index (χ4n) is 4.91. The van der Waals surface area contributed by atoms with Crippen molar-refractivity contribution >= 4 is 23.4 Å². The minimum atomic E-state index is -0.116. The molecule has 1 spiro atoms. The summed E-state index contributed by atoms with van der Waals surface area (Å²) >= 11 is 5.96. The zero-order chi connectivity index (χ0) is 19.2. The zero-order valence-corrected chi connectivity index (χ0v) is 16.8. The molecule has 1 aromatic carbocycles. The zero-order valence-electron chi connectivity index (χ0n) is 16.0. The monoisotopic (exact) mass is 386 g/mol. The van der Waals surface area contributed by atoms with Crippen LogP contribution in [0.25, 0.3) is 11.1 Å². The lowest BCUT2D eigenvalue weighted by Gasteiger charge is -2.40. The van der Waals surface area contributed by atoms with Crippen LogP contribution in [0.3, 0.4) is 0 Å². The molecule has 1 aliphatic heterocycles. The fraction of sp³-hybridized carbons (Fsp3) is 0.524. The molecule has 6 heteroatoms. The van der Waals surface area contributed by atoms with Crippen molar-refractivity contribution in [2.75, 3.05) is 23.7 Å². The number of nitrogens with zero attached hydrogens (tertiary/aromatic N) is 3. The molecule has 2 fully saturated rings. The molecule has 4 rings (SSSR count). The molecule has 0 unspecified atom stereocenters. The van der Waals surface area contributed by atoms with Crippen LogP contribution in [0.1, 0.15) is 39.0 Å². The molecular formula is C21H27ClN4O. The van der Waals surface area contributed by atoms with Gasteiger partial charge in [-0.3, -0.25) is 9.36 Å². The van der Waals surface area contributed by atoms with E-state index in [0.29, 0.717) is 21.9 Å². The van der Waals surface area contributed by atoms with Crippen molar-refractivity contribution in [2.45, 2.75) is 39.0 Å². The third-order valence-corrected chi connectivity index (χ3v) is 6.74. The van der Waals surface area contributed by atoms with Gasteiger partial charge in [0.15, 0.2) is 0 Å². The van der Waals surface area contributed by atoms with E-state index in [1.54, 1.807) is 23.7 Å². The summed E-state index contributed by atoms with van der Waals surface area (Å²) in [6.45, 7) is 4.24. The highest BCUT2D eigenvalue weighted by molar-refractivity contribution is 6.30. The van der Waals surface area contributed by atoms with Crippen LogP contribution in [-0.4, -0.2) is 22.6 Å². The Kier molecular flexibility index (Phi) is 4.66. The number of anilines is 2. The quantitative estimate of drug-likeness (QED) is 0.844. The van der Waals surface area contributed by atoms with Crippen LogP contribution >= 0.6 is 11.6 Å². The van der Waals surface area contributed by atoms with E-state index in [0.717, 1.165) is 24.6 Å². The summed E-state index contributed by atoms with van der Waals surface area (Å²) < 4.78 is 1.63. The second-order valence-electron chi connectivity index (χ2n) is 8.38. The Bertz CT molecular complexity index is 898. The number of halogens is 1. The molecule has 144 valence electrons. The van der Waals surface area contributed by atoms with E-state index in [1.165, 1.54) is 32.1 Å². The molecule has 2 aliphatic rings. The lowest BCUT2D eigenvalue weighted by atomic mass is 9.76. The Hall–Kier alpha value is -2.01. The van der Waals surface area contributed by atoms with Crippen molar-refractivity contribution in [2.24, 2.45) is 18.4 Å². The number of hydrogen-bond donors (Lipinski definition) is 1. The van der Waals surface area contributed by atoms with Gasteiger partial charge < -0.3 is 10.6 Å². The van der Waals surface area contributed by atoms with Crippen LogP contribution in [0.15, 0.2) is 29.1 Å². The van der Waals surface area contributed by atoms with Gasteiger partial charge >= 0.3 is 0 Å². The van der Waals surface area contributed by atoms with E-state index in [4.69, 9.17) is 17.3 Å². The summed E-state index contributed by atoms with van der Waals surface area (Å²) in [5, 5.41) is 0.627. The van der Waals surface area contributed by atoms with Gasteiger partial charge in [0.25, 0.3) is 5.56 Å². The highest BCUT2D eigenvalue weighted by Crippen LogP contribution is 2.49. The Labute approximate surface area is 165 Å². The average molecular weight is 387 g/mol. The Balaban J connectivity index is 1.62. The number of nitrogens with two attached hydrogens (primary N) is 1. The molecule has 0 radical (unpaired) electrons. The molecule has 2 heterocycles. The normalized spacial score (nSPS) is 21.7. The lowest BCUT2D eigenvalue weighted by Crippen LogP contribution is -2.42. The molecule has 0 amide bonds. The topological polar surface area (TPSA) is 64.2 Å². The molecular weight excluding hydrogens is 360 g/mol. The SMILES string of the molecule is C[C@H]1CCC2(CCN(c3nc(N)c(-c4ccc(Cl)cc4)c(=O)n3C)CC2)C1. The van der Waals surface area contributed by atoms with Crippen LogP contribution in [0, 0.1) is 11.3 Å². The first-order valence-electron chi connectivity index (χ1n) is 9.76. The second-order valence-corrected chi connectivity index (χ2v) is 8.81. The molecule has 1 saturated heterocycles. The van der Waals surface area contributed by atoms with E-state index in [2.05, 4.69) is 16.8 Å². The molecule has 1 aromatic heterocycles. The maximum atomic E-state index is 13.0. The Morgan fingerprint density at radius 1 is 1.19 bits per heavy atom. The van der Waals surface area contributed by atoms with Gasteiger partial charge in [0.1, 0.15) is 5.82 Å². The van der Waals surface area contributed by atoms with Gasteiger partial charge in [-0.2, -0.15) is 4.98 Å². The summed E-state index contributed by atoms with van der Waals surface area (Å²) in [5.74, 6) is 1.80. The third-order valence-electron chi connectivity index (χ3n) is 6.48. The molecule has 1 atom stereocenters. The van der Waals surface area contributed by atoms with Crippen LogP contribution in [-0.2, 0) is 7.05 Å². The molecule has 1 aliphatic carbocycles. The minimum absolute atomic E-state index is 0.116. The van der Waals surface area contributed by atoms with Gasteiger partial charge in [0.2, 0.25) is 5.95 Å². The highest BCUT2D eigenvalue weighted by atomic mass is 35.5. The van der Waals surface area contributed by atoms with Crippen LogP contribution < -0.4 is 16.2 Å². The van der Waals surface area contributed by atoms with Crippen LogP contribution in [0.5, 0.6) is 0 Å². The van der Waals surface area contributed by atoms with Gasteiger partial charge in [-0.05, 0) is 54.7 Å². The number of piperidine rings is 1. The maximum Gasteiger partial charge on any atom is 0.264 e. The van der Waals surface area contributed by atoms with Crippen molar-refractivity contribution in [3.05, 3.63) is 39.6 Å². The smallest absolute Gasteiger partial charge is 0.264 e. The van der Waals surface area contributed by atoms with E-state index in [1.807, 2.05) is 12.1 Å². The summed E-state index contributed by atoms with van der Waals surface area (Å²) in [4.78, 5) is 19.9. The summed E-state index contributed by atoms with van der Waals surface area (Å²) in [5.41, 5.74) is 7.79. The number of hydrogen-bond acceptors (Lipinski definition) is 4. The van der Waals surface area contributed by atoms with Gasteiger partial charge in [0.05, 0.1) is 5.56 Å². The van der Waals surface area contributed by atoms with Crippen molar-refractivity contribution in [3.8, 4) is 11.1 Å². The highest BCUT2D eigenvalue weighted by Gasteiger charge is 2.40. The average Bonchev–Trinajstić information content (AvgIpc) is 3.01. The van der Waals surface area contributed by atoms with Crippen molar-refractivity contribution in [1.29, 1.82) is 0 Å². The predicted molar refractivity (Wildman–Crippen MR) is 111 cm³/mol. The van der Waals surface area contributed by atoms with Gasteiger partial charge in [-0.1, -0.05) is 37.1 Å². The Morgan fingerprint density at radius 3 is 2.44 bits per heavy atom. The standard InChI is InChI=1S/C21H27ClN4O/c1-14-7-8-21(13-14)9-11-26(12-10-21)20-24-18(23)17(19(27)25(20)2)15-3-5-16(22)6-4-15/h3-6,14H,7-13,23H2,1-2H3/t14-/m0/s1. The second kappa shape index (κ2) is 6.86. The first kappa shape index (κ1) is 18.4. The first-order valence-corrected chi connectivity index (χ1v) is 10.1.